The Morgan fingerprint density at radius 3 is 2.71 bits per heavy atom. The van der Waals surface area contributed by atoms with Gasteiger partial charge in [0.2, 0.25) is 0 Å². The standard InChI is InChI=1S/C14H17NOS/c1-14(7-3-2-4-8-14)13(16)11(10-15)12-6-5-9-17-12/h5-6,9,11H,2-4,7-8H2,1H3. The lowest BCUT2D eigenvalue weighted by molar-refractivity contribution is -0.129. The fourth-order valence-electron chi connectivity index (χ4n) is 2.63. The number of nitrogens with zero attached hydrogens (tertiary/aromatic N) is 1. The van der Waals surface area contributed by atoms with Gasteiger partial charge in [-0.1, -0.05) is 32.3 Å². The van der Waals surface area contributed by atoms with E-state index in [1.165, 1.54) is 17.8 Å². The zero-order chi connectivity index (χ0) is 12.3. The van der Waals surface area contributed by atoms with E-state index in [1.54, 1.807) is 0 Å². The fraction of sp³-hybridized carbons (Fsp3) is 0.571. The third kappa shape index (κ3) is 2.42. The molecule has 90 valence electrons. The average molecular weight is 247 g/mol. The number of nitriles is 1. The molecule has 2 nitrogen and oxygen atoms in total. The number of carbonyl (C=O) groups is 1. The smallest absolute Gasteiger partial charge is 0.161 e. The Balaban J connectivity index is 2.21. The Morgan fingerprint density at radius 1 is 1.47 bits per heavy atom. The molecule has 1 saturated carbocycles. The summed E-state index contributed by atoms with van der Waals surface area (Å²) < 4.78 is 0. The number of ketones is 1. The van der Waals surface area contributed by atoms with Crippen LogP contribution in [0.15, 0.2) is 17.5 Å². The van der Waals surface area contributed by atoms with Crippen molar-refractivity contribution in [3.63, 3.8) is 0 Å². The molecule has 1 heterocycles. The second-order valence-corrected chi connectivity index (χ2v) is 6.04. The maximum atomic E-state index is 12.5. The predicted molar refractivity (Wildman–Crippen MR) is 68.9 cm³/mol. The van der Waals surface area contributed by atoms with Gasteiger partial charge in [-0.3, -0.25) is 4.79 Å². The van der Waals surface area contributed by atoms with Crippen LogP contribution in [0.1, 0.15) is 49.8 Å². The lowest BCUT2D eigenvalue weighted by atomic mass is 9.69. The van der Waals surface area contributed by atoms with E-state index in [1.807, 2.05) is 24.4 Å². The van der Waals surface area contributed by atoms with Crippen LogP contribution in [0.5, 0.6) is 0 Å². The zero-order valence-electron chi connectivity index (χ0n) is 10.1. The minimum atomic E-state index is -0.557. The SMILES string of the molecule is CC1(C(=O)C(C#N)c2cccs2)CCCCC1. The molecule has 0 aliphatic heterocycles. The van der Waals surface area contributed by atoms with Gasteiger partial charge in [0.25, 0.3) is 0 Å². The van der Waals surface area contributed by atoms with Crippen molar-refractivity contribution in [3.8, 4) is 6.07 Å². The molecule has 1 aliphatic carbocycles. The van der Waals surface area contributed by atoms with E-state index >= 15 is 0 Å². The molecule has 1 fully saturated rings. The number of Topliss-reactive ketones (excluding diaryl/α,β-unsaturated/α-hetero) is 1. The molecule has 1 aromatic rings. The minimum absolute atomic E-state index is 0.127. The Labute approximate surface area is 106 Å². The number of hydrogen-bond acceptors (Lipinski definition) is 3. The van der Waals surface area contributed by atoms with Gasteiger partial charge in [-0.15, -0.1) is 11.3 Å². The number of thiophene rings is 1. The van der Waals surface area contributed by atoms with Crippen molar-refractivity contribution in [2.24, 2.45) is 5.41 Å². The molecular weight excluding hydrogens is 230 g/mol. The highest BCUT2D eigenvalue weighted by atomic mass is 32.1. The number of carbonyl (C=O) groups excluding carboxylic acids is 1. The van der Waals surface area contributed by atoms with Crippen LogP contribution in [-0.4, -0.2) is 5.78 Å². The topological polar surface area (TPSA) is 40.9 Å². The van der Waals surface area contributed by atoms with E-state index in [2.05, 4.69) is 6.07 Å². The molecule has 0 amide bonds. The molecule has 1 atom stereocenters. The van der Waals surface area contributed by atoms with Crippen molar-refractivity contribution < 1.29 is 4.79 Å². The van der Waals surface area contributed by atoms with Gasteiger partial charge in [-0.05, 0) is 24.3 Å². The van der Waals surface area contributed by atoms with E-state index in [9.17, 15) is 10.1 Å². The quantitative estimate of drug-likeness (QED) is 0.813. The summed E-state index contributed by atoms with van der Waals surface area (Å²) in [6.45, 7) is 2.03. The number of rotatable bonds is 3. The van der Waals surface area contributed by atoms with Crippen molar-refractivity contribution in [1.82, 2.24) is 0 Å². The first kappa shape index (κ1) is 12.3. The molecule has 0 N–H and O–H groups in total. The monoisotopic (exact) mass is 247 g/mol. The predicted octanol–water partition coefficient (Wildman–Crippen LogP) is 3.89. The Bertz CT molecular complexity index is 424. The van der Waals surface area contributed by atoms with E-state index < -0.39 is 5.92 Å². The first-order chi connectivity index (χ1) is 8.17. The molecule has 0 radical (unpaired) electrons. The molecule has 17 heavy (non-hydrogen) atoms. The summed E-state index contributed by atoms with van der Waals surface area (Å²) in [7, 11) is 0. The van der Waals surface area contributed by atoms with Crippen LogP contribution in [0.25, 0.3) is 0 Å². The van der Waals surface area contributed by atoms with E-state index in [-0.39, 0.29) is 11.2 Å². The van der Waals surface area contributed by atoms with Crippen molar-refractivity contribution in [2.75, 3.05) is 0 Å². The summed E-state index contributed by atoms with van der Waals surface area (Å²) in [4.78, 5) is 13.4. The molecule has 0 aromatic carbocycles. The molecule has 1 aromatic heterocycles. The van der Waals surface area contributed by atoms with Gasteiger partial charge in [0.05, 0.1) is 6.07 Å². The van der Waals surface area contributed by atoms with E-state index in [0.717, 1.165) is 30.6 Å². The normalized spacial score (nSPS) is 20.5. The summed E-state index contributed by atoms with van der Waals surface area (Å²) >= 11 is 1.50. The second-order valence-electron chi connectivity index (χ2n) is 5.06. The van der Waals surface area contributed by atoms with Gasteiger partial charge in [-0.25, -0.2) is 0 Å². The van der Waals surface area contributed by atoms with Gasteiger partial charge in [-0.2, -0.15) is 5.26 Å². The number of hydrogen-bond donors (Lipinski definition) is 0. The summed E-state index contributed by atoms with van der Waals surface area (Å²) in [5.41, 5.74) is -0.275. The molecule has 0 bridgehead atoms. The first-order valence-corrected chi connectivity index (χ1v) is 7.03. The molecule has 1 unspecified atom stereocenters. The van der Waals surface area contributed by atoms with Crippen LogP contribution in [0.3, 0.4) is 0 Å². The maximum absolute atomic E-state index is 12.5. The van der Waals surface area contributed by atoms with Crippen molar-refractivity contribution >= 4 is 17.1 Å². The maximum Gasteiger partial charge on any atom is 0.161 e. The van der Waals surface area contributed by atoms with Gasteiger partial charge in [0.15, 0.2) is 5.78 Å². The summed E-state index contributed by atoms with van der Waals surface area (Å²) in [6.07, 6.45) is 5.33. The molecule has 3 heteroatoms. The van der Waals surface area contributed by atoms with Crippen LogP contribution < -0.4 is 0 Å². The summed E-state index contributed by atoms with van der Waals surface area (Å²) in [5, 5.41) is 11.2. The van der Waals surface area contributed by atoms with Crippen molar-refractivity contribution in [2.45, 2.75) is 44.9 Å². The Morgan fingerprint density at radius 2 is 2.18 bits per heavy atom. The van der Waals surface area contributed by atoms with Crippen LogP contribution in [0.2, 0.25) is 0 Å². The van der Waals surface area contributed by atoms with Gasteiger partial charge in [0.1, 0.15) is 5.92 Å². The fourth-order valence-corrected chi connectivity index (χ4v) is 3.40. The van der Waals surface area contributed by atoms with Crippen LogP contribution in [0, 0.1) is 16.7 Å². The Hall–Kier alpha value is -1.14. The van der Waals surface area contributed by atoms with Crippen LogP contribution in [-0.2, 0) is 4.79 Å². The van der Waals surface area contributed by atoms with Crippen molar-refractivity contribution in [1.29, 1.82) is 5.26 Å². The minimum Gasteiger partial charge on any atom is -0.297 e. The highest BCUT2D eigenvalue weighted by molar-refractivity contribution is 7.10. The molecule has 2 rings (SSSR count). The van der Waals surface area contributed by atoms with E-state index in [0.29, 0.717) is 0 Å². The Kier molecular flexibility index (Phi) is 3.63. The lowest BCUT2D eigenvalue weighted by Crippen LogP contribution is -2.33. The van der Waals surface area contributed by atoms with Crippen LogP contribution >= 0.6 is 11.3 Å². The largest absolute Gasteiger partial charge is 0.297 e. The molecule has 0 spiro atoms. The lowest BCUT2D eigenvalue weighted by Gasteiger charge is -2.33. The third-order valence-electron chi connectivity index (χ3n) is 3.77. The van der Waals surface area contributed by atoms with Crippen LogP contribution in [0.4, 0.5) is 0 Å². The second kappa shape index (κ2) is 5.01. The molecule has 0 saturated heterocycles. The van der Waals surface area contributed by atoms with E-state index in [4.69, 9.17) is 0 Å². The highest BCUT2D eigenvalue weighted by Gasteiger charge is 2.39. The average Bonchev–Trinajstić information content (AvgIpc) is 2.84. The van der Waals surface area contributed by atoms with Gasteiger partial charge >= 0.3 is 0 Å². The highest BCUT2D eigenvalue weighted by Crippen LogP contribution is 2.41. The van der Waals surface area contributed by atoms with Gasteiger partial charge in [0, 0.05) is 10.3 Å². The first-order valence-electron chi connectivity index (χ1n) is 6.15. The van der Waals surface area contributed by atoms with Gasteiger partial charge < -0.3 is 0 Å². The summed E-state index contributed by atoms with van der Waals surface area (Å²) in [5.74, 6) is -0.430. The molecule has 1 aliphatic rings. The zero-order valence-corrected chi connectivity index (χ0v) is 10.9. The summed E-state index contributed by atoms with van der Waals surface area (Å²) in [6, 6.07) is 5.98. The van der Waals surface area contributed by atoms with Crippen molar-refractivity contribution in [3.05, 3.63) is 22.4 Å². The molecular formula is C14H17NOS. The third-order valence-corrected chi connectivity index (χ3v) is 4.71.